The number of hydrogen-bond acceptors (Lipinski definition) is 4. The smallest absolute Gasteiger partial charge is 0.253 e. The molecular weight excluding hydrogens is 285 g/mol. The number of nitrogens with zero attached hydrogens (tertiary/aromatic N) is 2. The summed E-state index contributed by atoms with van der Waals surface area (Å²) < 4.78 is 13.2. The maximum absolute atomic E-state index is 13.2. The SMILES string of the molecule is Nc1cn[nH]c1C1=NNC(=O)C1c1ccc(F)c(Cl)c1. The van der Waals surface area contributed by atoms with Crippen LogP contribution in [0.4, 0.5) is 10.1 Å². The number of hydrogen-bond donors (Lipinski definition) is 3. The Morgan fingerprint density at radius 3 is 2.85 bits per heavy atom. The Kier molecular flexibility index (Phi) is 2.90. The van der Waals surface area contributed by atoms with Crippen molar-refractivity contribution in [3.63, 3.8) is 0 Å². The lowest BCUT2D eigenvalue weighted by atomic mass is 9.92. The Morgan fingerprint density at radius 1 is 1.40 bits per heavy atom. The van der Waals surface area contributed by atoms with E-state index >= 15 is 0 Å². The summed E-state index contributed by atoms with van der Waals surface area (Å²) >= 11 is 5.75. The third-order valence-corrected chi connectivity index (χ3v) is 3.31. The monoisotopic (exact) mass is 293 g/mol. The highest BCUT2D eigenvalue weighted by atomic mass is 35.5. The summed E-state index contributed by atoms with van der Waals surface area (Å²) in [4.78, 5) is 12.0. The molecule has 1 unspecified atom stereocenters. The van der Waals surface area contributed by atoms with Crippen molar-refractivity contribution in [2.75, 3.05) is 5.73 Å². The molecule has 0 spiro atoms. The average Bonchev–Trinajstić information content (AvgIpc) is 2.99. The number of aromatic nitrogens is 2. The van der Waals surface area contributed by atoms with E-state index in [0.29, 0.717) is 22.7 Å². The zero-order valence-corrected chi connectivity index (χ0v) is 10.8. The second kappa shape index (κ2) is 4.61. The standard InChI is InChI=1S/C12H9ClFN5O/c13-6-3-5(1-2-7(6)14)9-11(18-19-12(9)20)10-8(15)4-16-17-10/h1-4,9H,15H2,(H,16,17)(H,19,20). The van der Waals surface area contributed by atoms with Crippen LogP contribution in [0.15, 0.2) is 29.5 Å². The van der Waals surface area contributed by atoms with Gasteiger partial charge in [0.15, 0.2) is 0 Å². The molecule has 0 aliphatic carbocycles. The average molecular weight is 294 g/mol. The third-order valence-electron chi connectivity index (χ3n) is 3.02. The van der Waals surface area contributed by atoms with Gasteiger partial charge in [0, 0.05) is 0 Å². The maximum Gasteiger partial charge on any atom is 0.253 e. The fourth-order valence-electron chi connectivity index (χ4n) is 2.07. The first-order valence-electron chi connectivity index (χ1n) is 5.69. The van der Waals surface area contributed by atoms with Gasteiger partial charge < -0.3 is 5.73 Å². The summed E-state index contributed by atoms with van der Waals surface area (Å²) in [6, 6.07) is 4.09. The second-order valence-electron chi connectivity index (χ2n) is 4.28. The van der Waals surface area contributed by atoms with E-state index in [1.165, 1.54) is 24.4 Å². The molecular formula is C12H9ClFN5O. The Labute approximate surface area is 117 Å². The van der Waals surface area contributed by atoms with Crippen LogP contribution < -0.4 is 11.2 Å². The van der Waals surface area contributed by atoms with Crippen molar-refractivity contribution in [2.24, 2.45) is 5.10 Å². The van der Waals surface area contributed by atoms with Gasteiger partial charge in [0.2, 0.25) is 0 Å². The minimum Gasteiger partial charge on any atom is -0.396 e. The van der Waals surface area contributed by atoms with Gasteiger partial charge in [-0.1, -0.05) is 17.7 Å². The molecule has 1 aliphatic rings. The van der Waals surface area contributed by atoms with Crippen molar-refractivity contribution in [2.45, 2.75) is 5.92 Å². The highest BCUT2D eigenvalue weighted by Gasteiger charge is 2.34. The molecule has 0 saturated carbocycles. The largest absolute Gasteiger partial charge is 0.396 e. The van der Waals surface area contributed by atoms with E-state index < -0.39 is 11.7 Å². The number of nitrogen functional groups attached to an aromatic ring is 1. The molecule has 0 saturated heterocycles. The summed E-state index contributed by atoms with van der Waals surface area (Å²) in [5, 5.41) is 10.4. The van der Waals surface area contributed by atoms with Crippen LogP contribution in [0.2, 0.25) is 5.02 Å². The first-order chi connectivity index (χ1) is 9.58. The fourth-order valence-corrected chi connectivity index (χ4v) is 2.26. The molecule has 3 rings (SSSR count). The van der Waals surface area contributed by atoms with Gasteiger partial charge >= 0.3 is 0 Å². The van der Waals surface area contributed by atoms with Crippen molar-refractivity contribution < 1.29 is 9.18 Å². The van der Waals surface area contributed by atoms with E-state index in [4.69, 9.17) is 17.3 Å². The Morgan fingerprint density at radius 2 is 2.20 bits per heavy atom. The molecule has 1 aromatic carbocycles. The zero-order valence-electron chi connectivity index (χ0n) is 10.0. The number of benzene rings is 1. The number of carbonyl (C=O) groups is 1. The summed E-state index contributed by atoms with van der Waals surface area (Å²) in [5.41, 5.74) is 9.89. The molecule has 2 aromatic rings. The molecule has 0 fully saturated rings. The van der Waals surface area contributed by atoms with Gasteiger partial charge in [-0.2, -0.15) is 10.2 Å². The summed E-state index contributed by atoms with van der Waals surface area (Å²) in [5.74, 6) is -1.60. The van der Waals surface area contributed by atoms with Crippen molar-refractivity contribution in [3.8, 4) is 0 Å². The van der Waals surface area contributed by atoms with Crippen LogP contribution in [0, 0.1) is 5.82 Å². The van der Waals surface area contributed by atoms with Crippen LogP contribution in [0.5, 0.6) is 0 Å². The van der Waals surface area contributed by atoms with Crippen molar-refractivity contribution in [1.29, 1.82) is 0 Å². The molecule has 0 radical (unpaired) electrons. The van der Waals surface area contributed by atoms with Crippen LogP contribution in [-0.4, -0.2) is 21.8 Å². The summed E-state index contributed by atoms with van der Waals surface area (Å²) in [7, 11) is 0. The molecule has 6 nitrogen and oxygen atoms in total. The van der Waals surface area contributed by atoms with Gasteiger partial charge in [-0.05, 0) is 17.7 Å². The first kappa shape index (κ1) is 12.6. The predicted molar refractivity (Wildman–Crippen MR) is 71.8 cm³/mol. The molecule has 2 heterocycles. The van der Waals surface area contributed by atoms with Crippen molar-refractivity contribution >= 4 is 28.9 Å². The van der Waals surface area contributed by atoms with Crippen LogP contribution in [-0.2, 0) is 4.79 Å². The minimum absolute atomic E-state index is 0.0564. The number of rotatable bonds is 2. The van der Waals surface area contributed by atoms with E-state index in [0.717, 1.165) is 0 Å². The number of hydrazone groups is 1. The second-order valence-corrected chi connectivity index (χ2v) is 4.69. The highest BCUT2D eigenvalue weighted by Crippen LogP contribution is 2.29. The Balaban J connectivity index is 2.06. The Bertz CT molecular complexity index is 726. The predicted octanol–water partition coefficient (Wildman–Crippen LogP) is 1.40. The molecule has 1 aliphatic heterocycles. The quantitative estimate of drug-likeness (QED) is 0.781. The van der Waals surface area contributed by atoms with Gasteiger partial charge in [-0.25, -0.2) is 9.82 Å². The molecule has 0 bridgehead atoms. The molecule has 1 aromatic heterocycles. The lowest BCUT2D eigenvalue weighted by Crippen LogP contribution is -2.22. The van der Waals surface area contributed by atoms with Gasteiger partial charge in [0.1, 0.15) is 23.1 Å². The lowest BCUT2D eigenvalue weighted by Gasteiger charge is -2.11. The number of anilines is 1. The number of halogens is 2. The normalized spacial score (nSPS) is 18.0. The van der Waals surface area contributed by atoms with Crippen LogP contribution >= 0.6 is 11.6 Å². The molecule has 1 atom stereocenters. The topological polar surface area (TPSA) is 96.2 Å². The number of H-pyrrole nitrogens is 1. The minimum atomic E-state index is -0.712. The number of aromatic amines is 1. The van der Waals surface area contributed by atoms with Gasteiger partial charge in [-0.15, -0.1) is 0 Å². The Hall–Kier alpha value is -2.41. The van der Waals surface area contributed by atoms with E-state index in [1.54, 1.807) is 0 Å². The number of nitrogens with two attached hydrogens (primary N) is 1. The zero-order chi connectivity index (χ0) is 14.3. The molecule has 1 amide bonds. The summed E-state index contributed by atoms with van der Waals surface area (Å²) in [6.07, 6.45) is 1.43. The number of amides is 1. The lowest BCUT2D eigenvalue weighted by molar-refractivity contribution is -0.120. The van der Waals surface area contributed by atoms with Crippen molar-refractivity contribution in [1.82, 2.24) is 15.6 Å². The summed E-state index contributed by atoms with van der Waals surface area (Å²) in [6.45, 7) is 0. The van der Waals surface area contributed by atoms with E-state index in [9.17, 15) is 9.18 Å². The number of carbonyl (C=O) groups excluding carboxylic acids is 1. The molecule has 4 N–H and O–H groups in total. The van der Waals surface area contributed by atoms with E-state index in [-0.39, 0.29) is 10.9 Å². The van der Waals surface area contributed by atoms with Crippen LogP contribution in [0.25, 0.3) is 0 Å². The number of nitrogens with one attached hydrogen (secondary N) is 2. The maximum atomic E-state index is 13.2. The van der Waals surface area contributed by atoms with Gasteiger partial charge in [0.25, 0.3) is 5.91 Å². The first-order valence-corrected chi connectivity index (χ1v) is 6.07. The highest BCUT2D eigenvalue weighted by molar-refractivity contribution is 6.31. The molecule has 8 heteroatoms. The van der Waals surface area contributed by atoms with E-state index in [1.807, 2.05) is 0 Å². The van der Waals surface area contributed by atoms with Gasteiger partial charge in [-0.3, -0.25) is 9.89 Å². The van der Waals surface area contributed by atoms with E-state index in [2.05, 4.69) is 20.7 Å². The van der Waals surface area contributed by atoms with Crippen LogP contribution in [0.1, 0.15) is 17.2 Å². The van der Waals surface area contributed by atoms with Crippen molar-refractivity contribution in [3.05, 3.63) is 46.5 Å². The molecule has 102 valence electrons. The van der Waals surface area contributed by atoms with Crippen LogP contribution in [0.3, 0.4) is 0 Å². The molecule has 20 heavy (non-hydrogen) atoms. The van der Waals surface area contributed by atoms with Gasteiger partial charge in [0.05, 0.1) is 16.9 Å². The fraction of sp³-hybridized carbons (Fsp3) is 0.0833. The third kappa shape index (κ3) is 1.92.